The van der Waals surface area contributed by atoms with Crippen molar-refractivity contribution in [2.75, 3.05) is 99.5 Å². The molecule has 11 nitrogen and oxygen atoms in total. The van der Waals surface area contributed by atoms with E-state index < -0.39 is 5.60 Å². The second kappa shape index (κ2) is 21.1. The van der Waals surface area contributed by atoms with Crippen molar-refractivity contribution in [2.24, 2.45) is 0 Å². The number of carbonyl (C=O) groups excluding carboxylic acids is 2. The van der Waals surface area contributed by atoms with Crippen LogP contribution < -0.4 is 0 Å². The van der Waals surface area contributed by atoms with Gasteiger partial charge in [-0.1, -0.05) is 0 Å². The van der Waals surface area contributed by atoms with Crippen molar-refractivity contribution in [1.82, 2.24) is 4.90 Å². The second-order valence-electron chi connectivity index (χ2n) is 7.92. The van der Waals surface area contributed by atoms with Crippen molar-refractivity contribution in [3.8, 4) is 0 Å². The number of carbonyl (C=O) groups is 2. The van der Waals surface area contributed by atoms with E-state index in [2.05, 4.69) is 0 Å². The summed E-state index contributed by atoms with van der Waals surface area (Å²) in [5.74, 6) is -0.313. The van der Waals surface area contributed by atoms with E-state index in [9.17, 15) is 9.59 Å². The number of ether oxygens (including phenoxy) is 8. The summed E-state index contributed by atoms with van der Waals surface area (Å²) in [4.78, 5) is 23.8. The predicted octanol–water partition coefficient (Wildman–Crippen LogP) is 1.52. The lowest BCUT2D eigenvalue weighted by atomic mass is 10.2. The smallest absolute Gasteiger partial charge is 0.410 e. The number of rotatable bonds is 21. The highest BCUT2D eigenvalue weighted by molar-refractivity contribution is 5.67. The van der Waals surface area contributed by atoms with E-state index in [1.807, 2.05) is 20.8 Å². The van der Waals surface area contributed by atoms with Gasteiger partial charge in [0, 0.05) is 20.5 Å². The molecule has 0 saturated heterocycles. The number of amides is 1. The third-order valence-corrected chi connectivity index (χ3v) is 3.67. The topological polar surface area (TPSA) is 111 Å². The normalized spacial score (nSPS) is 11.4. The summed E-state index contributed by atoms with van der Waals surface area (Å²) in [7, 11) is 1.68. The molecule has 0 unspecified atom stereocenters. The van der Waals surface area contributed by atoms with Gasteiger partial charge < -0.3 is 42.8 Å². The van der Waals surface area contributed by atoms with E-state index in [0.717, 1.165) is 0 Å². The third-order valence-electron chi connectivity index (χ3n) is 3.67. The van der Waals surface area contributed by atoms with Gasteiger partial charge in [-0.15, -0.1) is 0 Å². The lowest BCUT2D eigenvalue weighted by molar-refractivity contribution is -0.142. The van der Waals surface area contributed by atoms with Gasteiger partial charge >= 0.3 is 12.1 Å². The Hall–Kier alpha value is -1.50. The van der Waals surface area contributed by atoms with Crippen LogP contribution >= 0.6 is 0 Å². The van der Waals surface area contributed by atoms with Crippen LogP contribution in [-0.4, -0.2) is 122 Å². The first-order valence-corrected chi connectivity index (χ1v) is 11.3. The number of esters is 1. The number of hydrogen-bond donors (Lipinski definition) is 0. The molecule has 0 aromatic carbocycles. The Balaban J connectivity index is 3.21. The van der Waals surface area contributed by atoms with Gasteiger partial charge in [0.2, 0.25) is 0 Å². The fraction of sp³-hybridized carbons (Fsp3) is 0.909. The van der Waals surface area contributed by atoms with Gasteiger partial charge in [0.1, 0.15) is 12.2 Å². The van der Waals surface area contributed by atoms with Gasteiger partial charge in [0.15, 0.2) is 0 Å². The number of hydrogen-bond acceptors (Lipinski definition) is 10. The average molecular weight is 482 g/mol. The maximum absolute atomic E-state index is 11.8. The molecule has 0 bridgehead atoms. The van der Waals surface area contributed by atoms with Gasteiger partial charge in [-0.2, -0.15) is 0 Å². The zero-order valence-corrected chi connectivity index (χ0v) is 20.9. The largest absolute Gasteiger partial charge is 0.463 e. The van der Waals surface area contributed by atoms with Gasteiger partial charge in [-0.25, -0.2) is 4.79 Å². The van der Waals surface area contributed by atoms with Crippen LogP contribution in [0.4, 0.5) is 4.79 Å². The summed E-state index contributed by atoms with van der Waals surface area (Å²) in [6.45, 7) is 13.0. The molecule has 0 aromatic heterocycles. The molecule has 0 aromatic rings. The molecule has 11 heteroatoms. The fourth-order valence-corrected chi connectivity index (χ4v) is 2.08. The molecule has 0 heterocycles. The van der Waals surface area contributed by atoms with Gasteiger partial charge in [0.25, 0.3) is 0 Å². The first-order chi connectivity index (χ1) is 15.7. The van der Waals surface area contributed by atoms with Crippen LogP contribution in [0, 0.1) is 0 Å². The van der Waals surface area contributed by atoms with E-state index >= 15 is 0 Å². The zero-order valence-electron chi connectivity index (χ0n) is 20.9. The molecule has 0 radical (unpaired) electrons. The Morgan fingerprint density at radius 2 is 0.939 bits per heavy atom. The van der Waals surface area contributed by atoms with Crippen molar-refractivity contribution in [2.45, 2.75) is 33.3 Å². The predicted molar refractivity (Wildman–Crippen MR) is 120 cm³/mol. The van der Waals surface area contributed by atoms with E-state index in [1.165, 1.54) is 11.8 Å². The Kier molecular flexibility index (Phi) is 20.1. The lowest BCUT2D eigenvalue weighted by Crippen LogP contribution is -2.36. The number of likely N-dealkylation sites (N-methyl/N-ethyl adjacent to an activating group) is 1. The van der Waals surface area contributed by atoms with Crippen molar-refractivity contribution in [3.63, 3.8) is 0 Å². The molecule has 0 N–H and O–H groups in total. The number of nitrogens with zero attached hydrogens (tertiary/aromatic N) is 1. The van der Waals surface area contributed by atoms with Crippen LogP contribution in [0.2, 0.25) is 0 Å². The van der Waals surface area contributed by atoms with E-state index in [-0.39, 0.29) is 18.7 Å². The van der Waals surface area contributed by atoms with E-state index in [1.54, 1.807) is 7.05 Å². The lowest BCUT2D eigenvalue weighted by Gasteiger charge is -2.24. The molecule has 0 rings (SSSR count). The van der Waals surface area contributed by atoms with Crippen LogP contribution in [-0.2, 0) is 42.7 Å². The highest BCUT2D eigenvalue weighted by Crippen LogP contribution is 2.08. The molecular weight excluding hydrogens is 438 g/mol. The third kappa shape index (κ3) is 25.0. The van der Waals surface area contributed by atoms with Crippen LogP contribution in [0.15, 0.2) is 0 Å². The SMILES string of the molecule is CC(=O)OCCOCCOCCOCCOCCOCCOCCN(C)C(=O)OC(C)(C)C. The van der Waals surface area contributed by atoms with E-state index in [4.69, 9.17) is 37.9 Å². The minimum absolute atomic E-state index is 0.256. The van der Waals surface area contributed by atoms with Crippen LogP contribution in [0.5, 0.6) is 0 Å². The maximum atomic E-state index is 11.8. The van der Waals surface area contributed by atoms with Crippen molar-refractivity contribution < 1.29 is 47.5 Å². The van der Waals surface area contributed by atoms with Crippen LogP contribution in [0.3, 0.4) is 0 Å². The van der Waals surface area contributed by atoms with Crippen LogP contribution in [0.25, 0.3) is 0 Å². The fourth-order valence-electron chi connectivity index (χ4n) is 2.08. The summed E-state index contributed by atoms with van der Waals surface area (Å²) < 4.78 is 42.3. The second-order valence-corrected chi connectivity index (χ2v) is 7.92. The molecule has 33 heavy (non-hydrogen) atoms. The molecule has 196 valence electrons. The summed E-state index contributed by atoms with van der Waals surface area (Å²) in [5, 5.41) is 0. The van der Waals surface area contributed by atoms with Crippen molar-refractivity contribution in [1.29, 1.82) is 0 Å². The molecular formula is C22H43NO10. The summed E-state index contributed by atoms with van der Waals surface area (Å²) in [5.41, 5.74) is -0.506. The molecule has 0 aliphatic rings. The van der Waals surface area contributed by atoms with Gasteiger partial charge in [-0.3, -0.25) is 4.79 Å². The molecule has 0 spiro atoms. The van der Waals surface area contributed by atoms with Crippen molar-refractivity contribution >= 4 is 12.1 Å². The first kappa shape index (κ1) is 31.5. The van der Waals surface area contributed by atoms with Crippen LogP contribution in [0.1, 0.15) is 27.7 Å². The van der Waals surface area contributed by atoms with E-state index in [0.29, 0.717) is 85.8 Å². The minimum atomic E-state index is -0.506. The molecule has 0 atom stereocenters. The monoisotopic (exact) mass is 481 g/mol. The summed E-state index contributed by atoms with van der Waals surface area (Å²) >= 11 is 0. The van der Waals surface area contributed by atoms with Gasteiger partial charge in [0.05, 0.1) is 79.3 Å². The van der Waals surface area contributed by atoms with Gasteiger partial charge in [-0.05, 0) is 20.8 Å². The standard InChI is InChI=1S/C22H43NO10/c1-20(24)32-19-18-31-17-16-30-15-14-29-13-12-28-11-10-27-9-8-26-7-6-23(5)21(25)33-22(2,3)4/h6-19H2,1-5H3. The molecule has 1 amide bonds. The Morgan fingerprint density at radius 3 is 1.27 bits per heavy atom. The Bertz CT molecular complexity index is 484. The quantitative estimate of drug-likeness (QED) is 0.177. The summed E-state index contributed by atoms with van der Waals surface area (Å²) in [6.07, 6.45) is -0.366. The molecule has 0 aliphatic heterocycles. The first-order valence-electron chi connectivity index (χ1n) is 11.3. The average Bonchev–Trinajstić information content (AvgIpc) is 2.73. The minimum Gasteiger partial charge on any atom is -0.463 e. The molecule has 0 aliphatic carbocycles. The zero-order chi connectivity index (χ0) is 24.8. The van der Waals surface area contributed by atoms with Crippen molar-refractivity contribution in [3.05, 3.63) is 0 Å². The maximum Gasteiger partial charge on any atom is 0.410 e. The molecule has 0 fully saturated rings. The highest BCUT2D eigenvalue weighted by Gasteiger charge is 2.19. The Morgan fingerprint density at radius 1 is 0.606 bits per heavy atom. The summed E-state index contributed by atoms with van der Waals surface area (Å²) in [6, 6.07) is 0. The highest BCUT2D eigenvalue weighted by atomic mass is 16.6. The Labute approximate surface area is 197 Å². The molecule has 0 saturated carbocycles.